The number of methoxy groups -OCH3 is 3. The molecule has 0 spiro atoms. The van der Waals surface area contributed by atoms with Gasteiger partial charge in [-0.1, -0.05) is 6.07 Å². The third kappa shape index (κ3) is 5.22. The summed E-state index contributed by atoms with van der Waals surface area (Å²) in [5.41, 5.74) is 2.29. The molecule has 12 heteroatoms. The predicted octanol–water partition coefficient (Wildman–Crippen LogP) is 3.69. The zero-order valence-corrected chi connectivity index (χ0v) is 22.2. The minimum Gasteiger partial charge on any atom is -0.493 e. The van der Waals surface area contributed by atoms with E-state index in [-0.39, 0.29) is 29.5 Å². The largest absolute Gasteiger partial charge is 0.493 e. The van der Waals surface area contributed by atoms with Gasteiger partial charge in [-0.25, -0.2) is 22.3 Å². The maximum atomic E-state index is 13.2. The first-order valence-electron chi connectivity index (χ1n) is 11.9. The lowest BCUT2D eigenvalue weighted by atomic mass is 9.94. The normalized spacial score (nSPS) is 17.5. The quantitative estimate of drug-likeness (QED) is 0.293. The van der Waals surface area contributed by atoms with E-state index < -0.39 is 34.0 Å². The van der Waals surface area contributed by atoms with E-state index in [1.54, 1.807) is 24.3 Å². The number of esters is 1. The lowest BCUT2D eigenvalue weighted by molar-refractivity contribution is 0.0594. The van der Waals surface area contributed by atoms with Crippen LogP contribution in [0.5, 0.6) is 23.0 Å². The summed E-state index contributed by atoms with van der Waals surface area (Å²) in [6.45, 7) is 0.125. The van der Waals surface area contributed by atoms with E-state index >= 15 is 0 Å². The lowest BCUT2D eigenvalue weighted by Gasteiger charge is -2.15. The number of ether oxygens (including phenoxy) is 6. The number of epoxide rings is 1. The molecule has 2 aliphatic heterocycles. The van der Waals surface area contributed by atoms with Crippen molar-refractivity contribution in [3.63, 3.8) is 0 Å². The van der Waals surface area contributed by atoms with Gasteiger partial charge in [0, 0.05) is 12.1 Å². The molecule has 3 aromatic carbocycles. The summed E-state index contributed by atoms with van der Waals surface area (Å²) in [4.78, 5) is 12.7. The molecule has 0 bridgehead atoms. The van der Waals surface area contributed by atoms with Crippen molar-refractivity contribution >= 4 is 16.0 Å². The number of sulfonamides is 1. The number of hydrogen-bond donors (Lipinski definition) is 1. The summed E-state index contributed by atoms with van der Waals surface area (Å²) in [5, 5.41) is 0. The first-order chi connectivity index (χ1) is 18.8. The Hall–Kier alpha value is -3.87. The van der Waals surface area contributed by atoms with Crippen molar-refractivity contribution in [3.05, 3.63) is 76.6 Å². The summed E-state index contributed by atoms with van der Waals surface area (Å²) in [6, 6.07) is 11.6. The van der Waals surface area contributed by atoms with Crippen LogP contribution in [0.15, 0.2) is 53.4 Å². The Labute approximate surface area is 224 Å². The summed E-state index contributed by atoms with van der Waals surface area (Å²) < 4.78 is 74.0. The van der Waals surface area contributed by atoms with E-state index in [2.05, 4.69) is 4.72 Å². The molecule has 0 aliphatic carbocycles. The van der Waals surface area contributed by atoms with Gasteiger partial charge in [-0.05, 0) is 60.0 Å². The van der Waals surface area contributed by atoms with Crippen LogP contribution in [0.1, 0.15) is 39.3 Å². The van der Waals surface area contributed by atoms with Gasteiger partial charge in [0.2, 0.25) is 16.8 Å². The van der Waals surface area contributed by atoms with Crippen LogP contribution >= 0.6 is 0 Å². The maximum absolute atomic E-state index is 13.2. The van der Waals surface area contributed by atoms with Gasteiger partial charge in [0.25, 0.3) is 0 Å². The van der Waals surface area contributed by atoms with Crippen LogP contribution in [0.25, 0.3) is 0 Å². The molecular weight excluding hydrogens is 533 g/mol. The minimum absolute atomic E-state index is 0.0378. The minimum atomic E-state index is -3.84. The molecule has 0 amide bonds. The van der Waals surface area contributed by atoms with Crippen molar-refractivity contribution in [2.45, 2.75) is 23.5 Å². The van der Waals surface area contributed by atoms with Gasteiger partial charge in [-0.2, -0.15) is 0 Å². The fraction of sp³-hybridized carbons (Fsp3) is 0.296. The molecule has 1 saturated heterocycles. The average molecular weight is 560 g/mol. The zero-order chi connectivity index (χ0) is 27.7. The van der Waals surface area contributed by atoms with Gasteiger partial charge in [0.05, 0.1) is 26.2 Å². The van der Waals surface area contributed by atoms with E-state index in [1.807, 2.05) is 0 Å². The molecule has 0 aromatic heterocycles. The number of rotatable bonds is 10. The van der Waals surface area contributed by atoms with Crippen molar-refractivity contribution < 1.29 is 46.0 Å². The number of halogens is 1. The van der Waals surface area contributed by atoms with Crippen LogP contribution in [0, 0.1) is 5.82 Å². The average Bonchev–Trinajstić information content (AvgIpc) is 3.60. The molecule has 2 heterocycles. The Morgan fingerprint density at radius 1 is 0.974 bits per heavy atom. The van der Waals surface area contributed by atoms with Crippen LogP contribution in [0.2, 0.25) is 0 Å². The first kappa shape index (κ1) is 26.7. The molecule has 0 saturated carbocycles. The van der Waals surface area contributed by atoms with Gasteiger partial charge in [-0.3, -0.25) is 0 Å². The summed E-state index contributed by atoms with van der Waals surface area (Å²) in [5.74, 6) is 0.552. The molecule has 1 N–H and O–H groups in total. The number of carbonyl (C=O) groups excluding carboxylic acids is 1. The lowest BCUT2D eigenvalue weighted by Crippen LogP contribution is -2.26. The van der Waals surface area contributed by atoms with Gasteiger partial charge in [-0.15, -0.1) is 0 Å². The summed E-state index contributed by atoms with van der Waals surface area (Å²) in [6.07, 6.45) is -0.659. The van der Waals surface area contributed by atoms with Crippen molar-refractivity contribution in [3.8, 4) is 23.0 Å². The van der Waals surface area contributed by atoms with E-state index in [0.717, 1.165) is 23.3 Å². The fourth-order valence-electron chi connectivity index (χ4n) is 4.58. The van der Waals surface area contributed by atoms with E-state index in [9.17, 15) is 17.6 Å². The molecule has 2 aliphatic rings. The maximum Gasteiger partial charge on any atom is 0.342 e. The zero-order valence-electron chi connectivity index (χ0n) is 21.4. The van der Waals surface area contributed by atoms with Crippen LogP contribution in [-0.4, -0.2) is 49.1 Å². The molecule has 206 valence electrons. The molecule has 1 fully saturated rings. The molecule has 10 nitrogen and oxygen atoms in total. The smallest absolute Gasteiger partial charge is 0.342 e. The van der Waals surface area contributed by atoms with Gasteiger partial charge in [0.1, 0.15) is 23.6 Å². The van der Waals surface area contributed by atoms with E-state index in [1.165, 1.54) is 33.5 Å². The third-order valence-corrected chi connectivity index (χ3v) is 7.99. The highest BCUT2D eigenvalue weighted by atomic mass is 32.2. The Morgan fingerprint density at radius 3 is 2.33 bits per heavy atom. The number of hydrogen-bond acceptors (Lipinski definition) is 9. The van der Waals surface area contributed by atoms with Crippen molar-refractivity contribution in [2.75, 3.05) is 34.7 Å². The van der Waals surface area contributed by atoms with Crippen molar-refractivity contribution in [2.24, 2.45) is 0 Å². The van der Waals surface area contributed by atoms with Crippen LogP contribution in [0.4, 0.5) is 4.39 Å². The Bertz CT molecular complexity index is 1510. The first-order valence-corrected chi connectivity index (χ1v) is 13.4. The molecule has 0 radical (unpaired) electrons. The highest BCUT2D eigenvalue weighted by molar-refractivity contribution is 7.89. The third-order valence-electron chi connectivity index (χ3n) is 6.52. The number of nitrogens with one attached hydrogen (secondary N) is 1. The second kappa shape index (κ2) is 10.7. The Morgan fingerprint density at radius 2 is 1.67 bits per heavy atom. The molecule has 3 aromatic rings. The van der Waals surface area contributed by atoms with E-state index in [4.69, 9.17) is 28.4 Å². The summed E-state index contributed by atoms with van der Waals surface area (Å²) >= 11 is 0. The van der Waals surface area contributed by atoms with Gasteiger partial charge in [0.15, 0.2) is 23.0 Å². The molecular formula is C27H26FNO9S. The topological polar surface area (TPSA) is 122 Å². The Kier molecular flexibility index (Phi) is 7.34. The fourth-order valence-corrected chi connectivity index (χ4v) is 5.61. The number of carbonyl (C=O) groups is 1. The van der Waals surface area contributed by atoms with Crippen molar-refractivity contribution in [1.82, 2.24) is 4.72 Å². The molecule has 2 atom stereocenters. The SMILES string of the molecule is COC(=O)c1c([C@@H]2O[C@H]2c2cc3c(cc2CCNS(=O)(=O)c2ccc(F)cc2)OCO3)ccc(OC)c1OC. The second-order valence-electron chi connectivity index (χ2n) is 8.74. The molecule has 0 unspecified atom stereocenters. The highest BCUT2D eigenvalue weighted by Crippen LogP contribution is 2.56. The number of benzene rings is 3. The van der Waals surface area contributed by atoms with Crippen LogP contribution in [0.3, 0.4) is 0 Å². The standard InChI is InChI=1S/C27H26FNO9S/c1-33-20-9-8-18(23(26(20)34-2)27(30)35-3)24-25(38-24)19-13-22-21(36-14-37-22)12-15(19)10-11-29-39(31,32)17-6-4-16(28)5-7-17/h4-9,12-13,24-25,29H,10-11,14H2,1-3H3/t24-,25-/m0/s1. The van der Waals surface area contributed by atoms with E-state index in [0.29, 0.717) is 29.2 Å². The van der Waals surface area contributed by atoms with Crippen LogP contribution in [-0.2, 0) is 25.9 Å². The van der Waals surface area contributed by atoms with Crippen molar-refractivity contribution in [1.29, 1.82) is 0 Å². The van der Waals surface area contributed by atoms with Gasteiger partial charge >= 0.3 is 5.97 Å². The van der Waals surface area contributed by atoms with Gasteiger partial charge < -0.3 is 28.4 Å². The van der Waals surface area contributed by atoms with Crippen LogP contribution < -0.4 is 23.7 Å². The predicted molar refractivity (Wildman–Crippen MR) is 135 cm³/mol. The number of fused-ring (bicyclic) bond motifs is 1. The monoisotopic (exact) mass is 559 g/mol. The highest BCUT2D eigenvalue weighted by Gasteiger charge is 2.46. The second-order valence-corrected chi connectivity index (χ2v) is 10.5. The summed E-state index contributed by atoms with van der Waals surface area (Å²) in [7, 11) is 0.337. The Balaban J connectivity index is 1.42. The molecule has 39 heavy (non-hydrogen) atoms. The molecule has 5 rings (SSSR count).